The van der Waals surface area contributed by atoms with Crippen LogP contribution in [-0.4, -0.2) is 11.5 Å². The van der Waals surface area contributed by atoms with Gasteiger partial charge in [-0.3, -0.25) is 0 Å². The maximum Gasteiger partial charge on any atom is 0.0962 e. The lowest BCUT2D eigenvalue weighted by atomic mass is 9.86. The molecule has 0 amide bonds. The first-order chi connectivity index (χ1) is 7.88. The fourth-order valence-electron chi connectivity index (χ4n) is 2.71. The topological polar surface area (TPSA) is 24.9 Å². The van der Waals surface area contributed by atoms with Gasteiger partial charge in [0, 0.05) is 10.8 Å². The monoisotopic (exact) mass is 236 g/mol. The fourth-order valence-corrected chi connectivity index (χ4v) is 4.05. The highest BCUT2D eigenvalue weighted by Crippen LogP contribution is 2.42. The van der Waals surface area contributed by atoms with Crippen molar-refractivity contribution in [3.05, 3.63) is 15.6 Å². The number of thiazole rings is 1. The SMILES string of the molecule is CCNC1CCCc2sc(C3CCC3)nc21. The second-order valence-corrected chi connectivity index (χ2v) is 6.11. The number of hydrogen-bond acceptors (Lipinski definition) is 3. The molecule has 2 aliphatic rings. The highest BCUT2D eigenvalue weighted by atomic mass is 32.1. The minimum atomic E-state index is 0.541. The third kappa shape index (κ3) is 1.80. The normalized spacial score (nSPS) is 25.2. The van der Waals surface area contributed by atoms with Gasteiger partial charge < -0.3 is 5.32 Å². The van der Waals surface area contributed by atoms with Crippen molar-refractivity contribution in [3.8, 4) is 0 Å². The molecule has 88 valence electrons. The standard InChI is InChI=1S/C13H20N2S/c1-2-14-10-7-4-8-11-12(10)15-13(16-11)9-5-3-6-9/h9-10,14H,2-8H2,1H3. The summed E-state index contributed by atoms with van der Waals surface area (Å²) in [5.74, 6) is 0.804. The summed E-state index contributed by atoms with van der Waals surface area (Å²) in [6.45, 7) is 3.24. The molecule has 0 bridgehead atoms. The summed E-state index contributed by atoms with van der Waals surface area (Å²) < 4.78 is 0. The largest absolute Gasteiger partial charge is 0.309 e. The van der Waals surface area contributed by atoms with Crippen LogP contribution in [-0.2, 0) is 6.42 Å². The van der Waals surface area contributed by atoms with Crippen LogP contribution < -0.4 is 5.32 Å². The van der Waals surface area contributed by atoms with Gasteiger partial charge in [0.15, 0.2) is 0 Å². The maximum atomic E-state index is 4.93. The zero-order chi connectivity index (χ0) is 11.0. The summed E-state index contributed by atoms with van der Waals surface area (Å²) in [7, 11) is 0. The van der Waals surface area contributed by atoms with Gasteiger partial charge in [0.2, 0.25) is 0 Å². The van der Waals surface area contributed by atoms with Gasteiger partial charge in [-0.2, -0.15) is 0 Å². The molecule has 1 saturated carbocycles. The van der Waals surface area contributed by atoms with Gasteiger partial charge in [0.05, 0.1) is 16.7 Å². The molecule has 2 aliphatic carbocycles. The Labute approximate surface area is 101 Å². The molecular weight excluding hydrogens is 216 g/mol. The number of nitrogens with one attached hydrogen (secondary N) is 1. The minimum absolute atomic E-state index is 0.541. The fraction of sp³-hybridized carbons (Fsp3) is 0.769. The molecule has 0 saturated heterocycles. The Morgan fingerprint density at radius 2 is 2.19 bits per heavy atom. The van der Waals surface area contributed by atoms with Crippen molar-refractivity contribution >= 4 is 11.3 Å². The minimum Gasteiger partial charge on any atom is -0.309 e. The average molecular weight is 236 g/mol. The average Bonchev–Trinajstić information content (AvgIpc) is 2.59. The first-order valence-corrected chi connectivity index (χ1v) is 7.43. The Balaban J connectivity index is 1.85. The van der Waals surface area contributed by atoms with E-state index in [1.54, 1.807) is 4.88 Å². The molecule has 1 N–H and O–H groups in total. The lowest BCUT2D eigenvalue weighted by Gasteiger charge is -2.23. The molecule has 0 aromatic carbocycles. The number of hydrogen-bond donors (Lipinski definition) is 1. The van der Waals surface area contributed by atoms with Gasteiger partial charge in [0.1, 0.15) is 0 Å². The van der Waals surface area contributed by atoms with Crippen LogP contribution in [0, 0.1) is 0 Å². The molecule has 1 aromatic rings. The van der Waals surface area contributed by atoms with Crippen molar-refractivity contribution in [2.75, 3.05) is 6.54 Å². The van der Waals surface area contributed by atoms with Crippen molar-refractivity contribution in [2.24, 2.45) is 0 Å². The van der Waals surface area contributed by atoms with Crippen LogP contribution in [0.15, 0.2) is 0 Å². The maximum absolute atomic E-state index is 4.93. The molecule has 1 atom stereocenters. The Morgan fingerprint density at radius 1 is 1.31 bits per heavy atom. The lowest BCUT2D eigenvalue weighted by molar-refractivity contribution is 0.413. The molecule has 1 heterocycles. The van der Waals surface area contributed by atoms with Gasteiger partial charge >= 0.3 is 0 Å². The zero-order valence-corrected chi connectivity index (χ0v) is 10.8. The number of aromatic nitrogens is 1. The summed E-state index contributed by atoms with van der Waals surface area (Å²) in [4.78, 5) is 6.50. The molecule has 3 heteroatoms. The van der Waals surface area contributed by atoms with Crippen molar-refractivity contribution in [2.45, 2.75) is 57.4 Å². The number of nitrogens with zero attached hydrogens (tertiary/aromatic N) is 1. The number of rotatable bonds is 3. The van der Waals surface area contributed by atoms with E-state index in [2.05, 4.69) is 12.2 Å². The van der Waals surface area contributed by atoms with Crippen molar-refractivity contribution in [3.63, 3.8) is 0 Å². The summed E-state index contributed by atoms with van der Waals surface area (Å²) >= 11 is 2.00. The van der Waals surface area contributed by atoms with E-state index in [4.69, 9.17) is 4.98 Å². The van der Waals surface area contributed by atoms with Gasteiger partial charge in [-0.1, -0.05) is 13.3 Å². The first kappa shape index (κ1) is 10.7. The molecule has 16 heavy (non-hydrogen) atoms. The van der Waals surface area contributed by atoms with Crippen LogP contribution in [0.4, 0.5) is 0 Å². The zero-order valence-electron chi connectivity index (χ0n) is 9.96. The lowest BCUT2D eigenvalue weighted by Crippen LogP contribution is -2.24. The third-order valence-corrected chi connectivity index (χ3v) is 5.17. The highest BCUT2D eigenvalue weighted by Gasteiger charge is 2.28. The molecule has 0 radical (unpaired) electrons. The predicted octanol–water partition coefficient (Wildman–Crippen LogP) is 3.40. The summed E-state index contributed by atoms with van der Waals surface area (Å²) in [6, 6.07) is 0.541. The van der Waals surface area contributed by atoms with Gasteiger partial charge in [-0.25, -0.2) is 4.98 Å². The second-order valence-electron chi connectivity index (χ2n) is 4.99. The van der Waals surface area contributed by atoms with Crippen molar-refractivity contribution < 1.29 is 0 Å². The van der Waals surface area contributed by atoms with Crippen LogP contribution >= 0.6 is 11.3 Å². The molecule has 0 spiro atoms. The van der Waals surface area contributed by atoms with E-state index in [0.29, 0.717) is 6.04 Å². The van der Waals surface area contributed by atoms with E-state index < -0.39 is 0 Å². The molecule has 3 rings (SSSR count). The molecule has 0 aliphatic heterocycles. The summed E-state index contributed by atoms with van der Waals surface area (Å²) in [6.07, 6.45) is 8.02. The summed E-state index contributed by atoms with van der Waals surface area (Å²) in [5, 5.41) is 5.00. The van der Waals surface area contributed by atoms with Gasteiger partial charge in [-0.05, 0) is 38.6 Å². The van der Waals surface area contributed by atoms with Crippen LogP contribution in [0.5, 0.6) is 0 Å². The molecule has 1 fully saturated rings. The Morgan fingerprint density at radius 3 is 2.88 bits per heavy atom. The van der Waals surface area contributed by atoms with Crippen LogP contribution in [0.3, 0.4) is 0 Å². The number of aryl methyl sites for hydroxylation is 1. The molecule has 2 nitrogen and oxygen atoms in total. The van der Waals surface area contributed by atoms with E-state index in [1.807, 2.05) is 11.3 Å². The van der Waals surface area contributed by atoms with Crippen molar-refractivity contribution in [1.82, 2.24) is 10.3 Å². The number of fused-ring (bicyclic) bond motifs is 1. The van der Waals surface area contributed by atoms with Gasteiger partial charge in [0.25, 0.3) is 0 Å². The van der Waals surface area contributed by atoms with E-state index in [0.717, 1.165) is 12.5 Å². The van der Waals surface area contributed by atoms with E-state index in [9.17, 15) is 0 Å². The first-order valence-electron chi connectivity index (χ1n) is 6.61. The van der Waals surface area contributed by atoms with Crippen LogP contribution in [0.2, 0.25) is 0 Å². The van der Waals surface area contributed by atoms with E-state index in [-0.39, 0.29) is 0 Å². The van der Waals surface area contributed by atoms with Crippen LogP contribution in [0.25, 0.3) is 0 Å². The molecule has 1 aromatic heterocycles. The van der Waals surface area contributed by atoms with Crippen molar-refractivity contribution in [1.29, 1.82) is 0 Å². The van der Waals surface area contributed by atoms with Gasteiger partial charge in [-0.15, -0.1) is 11.3 Å². The van der Waals surface area contributed by atoms with E-state index in [1.165, 1.54) is 49.2 Å². The third-order valence-electron chi connectivity index (χ3n) is 3.88. The smallest absolute Gasteiger partial charge is 0.0962 e. The summed E-state index contributed by atoms with van der Waals surface area (Å²) in [5.41, 5.74) is 1.39. The Hall–Kier alpha value is -0.410. The Kier molecular flexibility index (Phi) is 2.99. The molecular formula is C13H20N2S. The highest BCUT2D eigenvalue weighted by molar-refractivity contribution is 7.11. The molecule has 1 unspecified atom stereocenters. The van der Waals surface area contributed by atoms with Crippen LogP contribution in [0.1, 0.15) is 66.6 Å². The second kappa shape index (κ2) is 4.46. The predicted molar refractivity (Wildman–Crippen MR) is 68.1 cm³/mol. The van der Waals surface area contributed by atoms with E-state index >= 15 is 0 Å². The quantitative estimate of drug-likeness (QED) is 0.870. The Bertz CT molecular complexity index is 368.